The molecule has 3 rings (SSSR count). The Bertz CT molecular complexity index is 700. The smallest absolute Gasteiger partial charge is 0.258 e. The second-order valence-electron chi connectivity index (χ2n) is 4.84. The van der Waals surface area contributed by atoms with E-state index in [-0.39, 0.29) is 16.7 Å². The van der Waals surface area contributed by atoms with Crippen LogP contribution in [0.25, 0.3) is 0 Å². The number of amides is 1. The van der Waals surface area contributed by atoms with Crippen molar-refractivity contribution < 1.29 is 13.9 Å². The van der Waals surface area contributed by atoms with Crippen molar-refractivity contribution in [2.24, 2.45) is 0 Å². The van der Waals surface area contributed by atoms with Gasteiger partial charge >= 0.3 is 0 Å². The SMILES string of the molecule is O=C(c1c(F)cccc1Cl)N1CC(Oc2ncccc2Cl)C1. The van der Waals surface area contributed by atoms with Gasteiger partial charge in [-0.25, -0.2) is 9.37 Å². The topological polar surface area (TPSA) is 42.4 Å². The van der Waals surface area contributed by atoms with Gasteiger partial charge in [0.15, 0.2) is 0 Å². The molecule has 1 saturated heterocycles. The first-order valence-corrected chi connectivity index (χ1v) is 7.32. The lowest BCUT2D eigenvalue weighted by Crippen LogP contribution is -2.56. The van der Waals surface area contributed by atoms with E-state index in [0.717, 1.165) is 0 Å². The van der Waals surface area contributed by atoms with Crippen molar-refractivity contribution in [3.8, 4) is 5.88 Å². The Labute approximate surface area is 136 Å². The first kappa shape index (κ1) is 15.1. The molecule has 0 aliphatic carbocycles. The Morgan fingerprint density at radius 2 is 1.95 bits per heavy atom. The molecule has 1 aliphatic rings. The van der Waals surface area contributed by atoms with Crippen molar-refractivity contribution in [2.75, 3.05) is 13.1 Å². The van der Waals surface area contributed by atoms with E-state index in [1.165, 1.54) is 23.1 Å². The van der Waals surface area contributed by atoms with Gasteiger partial charge in [-0.15, -0.1) is 0 Å². The van der Waals surface area contributed by atoms with Crippen LogP contribution in [0.4, 0.5) is 4.39 Å². The van der Waals surface area contributed by atoms with E-state index in [4.69, 9.17) is 27.9 Å². The number of aromatic nitrogens is 1. The van der Waals surface area contributed by atoms with E-state index in [2.05, 4.69) is 4.98 Å². The van der Waals surface area contributed by atoms with Crippen molar-refractivity contribution in [2.45, 2.75) is 6.10 Å². The zero-order valence-electron chi connectivity index (χ0n) is 11.3. The fourth-order valence-electron chi connectivity index (χ4n) is 2.15. The number of benzene rings is 1. The highest BCUT2D eigenvalue weighted by atomic mass is 35.5. The third kappa shape index (κ3) is 2.87. The van der Waals surface area contributed by atoms with Crippen molar-refractivity contribution in [3.05, 3.63) is 58.0 Å². The lowest BCUT2D eigenvalue weighted by Gasteiger charge is -2.38. The van der Waals surface area contributed by atoms with Crippen LogP contribution in [0.1, 0.15) is 10.4 Å². The maximum absolute atomic E-state index is 13.7. The van der Waals surface area contributed by atoms with Crippen molar-refractivity contribution in [1.29, 1.82) is 0 Å². The van der Waals surface area contributed by atoms with E-state index >= 15 is 0 Å². The highest BCUT2D eigenvalue weighted by molar-refractivity contribution is 6.33. The number of rotatable bonds is 3. The molecule has 1 fully saturated rings. The Kier molecular flexibility index (Phi) is 4.18. The first-order chi connectivity index (χ1) is 10.6. The summed E-state index contributed by atoms with van der Waals surface area (Å²) in [5.41, 5.74) is -0.113. The van der Waals surface area contributed by atoms with Gasteiger partial charge in [0.05, 0.1) is 23.7 Å². The second-order valence-corrected chi connectivity index (χ2v) is 5.65. The van der Waals surface area contributed by atoms with Crippen LogP contribution in [0.3, 0.4) is 0 Å². The molecule has 0 bridgehead atoms. The molecule has 0 radical (unpaired) electrons. The third-order valence-electron chi connectivity index (χ3n) is 3.31. The van der Waals surface area contributed by atoms with Gasteiger partial charge in [-0.1, -0.05) is 29.3 Å². The molecule has 0 saturated carbocycles. The van der Waals surface area contributed by atoms with Crippen LogP contribution < -0.4 is 4.74 Å². The largest absolute Gasteiger partial charge is 0.470 e. The normalized spacial score (nSPS) is 14.6. The number of ether oxygens (including phenoxy) is 1. The molecule has 0 N–H and O–H groups in total. The quantitative estimate of drug-likeness (QED) is 0.859. The lowest BCUT2D eigenvalue weighted by atomic mass is 10.1. The molecule has 0 spiro atoms. The van der Waals surface area contributed by atoms with Gasteiger partial charge in [-0.3, -0.25) is 4.79 Å². The molecular formula is C15H11Cl2FN2O2. The van der Waals surface area contributed by atoms with Gasteiger partial charge in [0.25, 0.3) is 5.91 Å². The molecular weight excluding hydrogens is 330 g/mol. The van der Waals surface area contributed by atoms with Crippen molar-refractivity contribution in [1.82, 2.24) is 9.88 Å². The van der Waals surface area contributed by atoms with Crippen LogP contribution in [-0.4, -0.2) is 35.0 Å². The number of carbonyl (C=O) groups excluding carboxylic acids is 1. The standard InChI is InChI=1S/C15H11Cl2FN2O2/c16-10-3-1-5-12(18)13(10)15(21)20-7-9(8-20)22-14-11(17)4-2-6-19-14/h1-6,9H,7-8H2. The minimum absolute atomic E-state index is 0.0992. The molecule has 2 heterocycles. The summed E-state index contributed by atoms with van der Waals surface area (Å²) < 4.78 is 19.3. The van der Waals surface area contributed by atoms with E-state index in [1.54, 1.807) is 18.3 Å². The minimum Gasteiger partial charge on any atom is -0.470 e. The van der Waals surface area contributed by atoms with Gasteiger partial charge < -0.3 is 9.64 Å². The Morgan fingerprint density at radius 3 is 2.64 bits per heavy atom. The number of pyridine rings is 1. The maximum Gasteiger partial charge on any atom is 0.258 e. The van der Waals surface area contributed by atoms with Crippen LogP contribution in [0.2, 0.25) is 10.0 Å². The molecule has 1 aliphatic heterocycles. The molecule has 1 amide bonds. The lowest BCUT2D eigenvalue weighted by molar-refractivity contribution is 0.0157. The molecule has 2 aromatic rings. The van der Waals surface area contributed by atoms with Crippen LogP contribution in [0.5, 0.6) is 5.88 Å². The number of carbonyl (C=O) groups is 1. The van der Waals surface area contributed by atoms with Gasteiger partial charge in [-0.2, -0.15) is 0 Å². The highest BCUT2D eigenvalue weighted by Crippen LogP contribution is 2.26. The summed E-state index contributed by atoms with van der Waals surface area (Å²) in [7, 11) is 0. The number of hydrogen-bond donors (Lipinski definition) is 0. The van der Waals surface area contributed by atoms with E-state index in [0.29, 0.717) is 24.0 Å². The first-order valence-electron chi connectivity index (χ1n) is 6.56. The average molecular weight is 341 g/mol. The minimum atomic E-state index is -0.630. The predicted octanol–water partition coefficient (Wildman–Crippen LogP) is 3.43. The van der Waals surface area contributed by atoms with Gasteiger partial charge in [-0.05, 0) is 24.3 Å². The molecule has 1 aromatic heterocycles. The molecule has 114 valence electrons. The summed E-state index contributed by atoms with van der Waals surface area (Å²) in [6.45, 7) is 0.660. The molecule has 0 atom stereocenters. The molecule has 0 unspecified atom stereocenters. The monoisotopic (exact) mass is 340 g/mol. The summed E-state index contributed by atoms with van der Waals surface area (Å²) in [6, 6.07) is 7.52. The van der Waals surface area contributed by atoms with E-state index in [9.17, 15) is 9.18 Å². The molecule has 4 nitrogen and oxygen atoms in total. The molecule has 22 heavy (non-hydrogen) atoms. The van der Waals surface area contributed by atoms with Gasteiger partial charge in [0.2, 0.25) is 5.88 Å². The fraction of sp³-hybridized carbons (Fsp3) is 0.200. The van der Waals surface area contributed by atoms with E-state index in [1.807, 2.05) is 0 Å². The highest BCUT2D eigenvalue weighted by Gasteiger charge is 2.35. The Balaban J connectivity index is 1.64. The number of likely N-dealkylation sites (tertiary alicyclic amines) is 1. The van der Waals surface area contributed by atoms with Crippen molar-refractivity contribution in [3.63, 3.8) is 0 Å². The Hall–Kier alpha value is -1.85. The number of nitrogens with zero attached hydrogens (tertiary/aromatic N) is 2. The third-order valence-corrected chi connectivity index (χ3v) is 3.92. The van der Waals surface area contributed by atoms with Crippen LogP contribution in [-0.2, 0) is 0 Å². The maximum atomic E-state index is 13.7. The second kappa shape index (κ2) is 6.10. The summed E-state index contributed by atoms with van der Waals surface area (Å²) in [6.07, 6.45) is 1.35. The number of hydrogen-bond acceptors (Lipinski definition) is 3. The summed E-state index contributed by atoms with van der Waals surface area (Å²) in [5, 5.41) is 0.506. The zero-order valence-corrected chi connectivity index (χ0v) is 12.8. The zero-order chi connectivity index (χ0) is 15.7. The van der Waals surface area contributed by atoms with Crippen molar-refractivity contribution >= 4 is 29.1 Å². The average Bonchev–Trinajstić information content (AvgIpc) is 2.43. The predicted molar refractivity (Wildman–Crippen MR) is 81.0 cm³/mol. The summed E-state index contributed by atoms with van der Waals surface area (Å²) in [4.78, 5) is 17.7. The van der Waals surface area contributed by atoms with Crippen LogP contribution in [0, 0.1) is 5.82 Å². The fourth-order valence-corrected chi connectivity index (χ4v) is 2.56. The summed E-state index contributed by atoms with van der Waals surface area (Å²) >= 11 is 11.8. The molecule has 7 heteroatoms. The van der Waals surface area contributed by atoms with Crippen LogP contribution >= 0.6 is 23.2 Å². The Morgan fingerprint density at radius 1 is 1.23 bits per heavy atom. The summed E-state index contributed by atoms with van der Waals surface area (Å²) in [5.74, 6) is -0.755. The van der Waals surface area contributed by atoms with Gasteiger partial charge in [0, 0.05) is 6.20 Å². The molecule has 1 aromatic carbocycles. The number of halogens is 3. The van der Waals surface area contributed by atoms with Gasteiger partial charge in [0.1, 0.15) is 16.9 Å². The van der Waals surface area contributed by atoms with Crippen LogP contribution in [0.15, 0.2) is 36.5 Å². The van der Waals surface area contributed by atoms with E-state index < -0.39 is 11.7 Å².